The summed E-state index contributed by atoms with van der Waals surface area (Å²) in [4.78, 5) is 10.4. The van der Waals surface area contributed by atoms with Gasteiger partial charge in [0.1, 0.15) is 10.7 Å². The van der Waals surface area contributed by atoms with Crippen LogP contribution in [0.25, 0.3) is 0 Å². The first-order valence-corrected chi connectivity index (χ1v) is 8.99. The van der Waals surface area contributed by atoms with Crippen molar-refractivity contribution in [2.75, 3.05) is 23.7 Å². The summed E-state index contributed by atoms with van der Waals surface area (Å²) in [5, 5.41) is 0. The Labute approximate surface area is 137 Å². The molecule has 0 amide bonds. The van der Waals surface area contributed by atoms with Crippen LogP contribution < -0.4 is 10.6 Å². The predicted octanol–water partition coefficient (Wildman–Crippen LogP) is 2.35. The van der Waals surface area contributed by atoms with Gasteiger partial charge in [-0.2, -0.15) is 4.98 Å². The number of benzene rings is 1. The van der Waals surface area contributed by atoms with Crippen LogP contribution in [-0.2, 0) is 9.84 Å². The molecule has 0 saturated heterocycles. The molecule has 7 heteroatoms. The van der Waals surface area contributed by atoms with Gasteiger partial charge in [-0.25, -0.2) is 13.4 Å². The summed E-state index contributed by atoms with van der Waals surface area (Å²) in [6, 6.07) is 5.00. The van der Waals surface area contributed by atoms with Crippen molar-refractivity contribution in [1.82, 2.24) is 9.97 Å². The standard InChI is InChI=1S/C16H22N4O2S/c1-5-20(6-2)16-18-10-14(15(17)19-16)23(21,22)13-8-7-11(3)12(4)9-13/h7-10H,5-6H2,1-4H3,(H2,17,18,19). The van der Waals surface area contributed by atoms with Gasteiger partial charge in [-0.1, -0.05) is 6.07 Å². The fourth-order valence-electron chi connectivity index (χ4n) is 2.25. The second-order valence-corrected chi connectivity index (χ2v) is 7.26. The number of sulfone groups is 1. The molecule has 0 radical (unpaired) electrons. The Morgan fingerprint density at radius 2 is 1.78 bits per heavy atom. The van der Waals surface area contributed by atoms with E-state index in [4.69, 9.17) is 5.73 Å². The van der Waals surface area contributed by atoms with Gasteiger partial charge in [-0.3, -0.25) is 0 Å². The summed E-state index contributed by atoms with van der Waals surface area (Å²) < 4.78 is 25.5. The van der Waals surface area contributed by atoms with E-state index >= 15 is 0 Å². The van der Waals surface area contributed by atoms with Gasteiger partial charge in [0.05, 0.1) is 11.1 Å². The normalized spacial score (nSPS) is 11.5. The molecule has 2 aromatic rings. The second kappa shape index (κ2) is 6.54. The zero-order valence-corrected chi connectivity index (χ0v) is 14.7. The minimum Gasteiger partial charge on any atom is -0.382 e. The molecule has 0 aliphatic carbocycles. The topological polar surface area (TPSA) is 89.2 Å². The van der Waals surface area contributed by atoms with Gasteiger partial charge >= 0.3 is 0 Å². The molecule has 0 unspecified atom stereocenters. The molecule has 0 saturated carbocycles. The average Bonchev–Trinajstić information content (AvgIpc) is 2.51. The highest BCUT2D eigenvalue weighted by atomic mass is 32.2. The van der Waals surface area contributed by atoms with Crippen LogP contribution in [-0.4, -0.2) is 31.5 Å². The molecule has 2 N–H and O–H groups in total. The van der Waals surface area contributed by atoms with Gasteiger partial charge in [-0.05, 0) is 51.0 Å². The van der Waals surface area contributed by atoms with Crippen molar-refractivity contribution in [3.05, 3.63) is 35.5 Å². The Balaban J connectivity index is 2.50. The number of aryl methyl sites for hydroxylation is 2. The van der Waals surface area contributed by atoms with Crippen molar-refractivity contribution in [3.63, 3.8) is 0 Å². The third-order valence-electron chi connectivity index (χ3n) is 3.89. The Morgan fingerprint density at radius 1 is 1.13 bits per heavy atom. The molecule has 0 fully saturated rings. The molecule has 6 nitrogen and oxygen atoms in total. The van der Waals surface area contributed by atoms with Crippen molar-refractivity contribution < 1.29 is 8.42 Å². The van der Waals surface area contributed by atoms with E-state index in [0.717, 1.165) is 24.2 Å². The maximum atomic E-state index is 12.8. The van der Waals surface area contributed by atoms with Crippen molar-refractivity contribution in [3.8, 4) is 0 Å². The SMILES string of the molecule is CCN(CC)c1ncc(S(=O)(=O)c2ccc(C)c(C)c2)c(N)n1. The Kier molecular flexibility index (Phi) is 4.89. The van der Waals surface area contributed by atoms with Crippen molar-refractivity contribution in [2.45, 2.75) is 37.5 Å². The van der Waals surface area contributed by atoms with Crippen LogP contribution in [0.2, 0.25) is 0 Å². The number of nitrogen functional groups attached to an aromatic ring is 1. The molecule has 1 heterocycles. The number of rotatable bonds is 5. The number of anilines is 2. The molecule has 1 aromatic heterocycles. The van der Waals surface area contributed by atoms with E-state index in [0.29, 0.717) is 5.95 Å². The third-order valence-corrected chi connectivity index (χ3v) is 5.66. The van der Waals surface area contributed by atoms with Gasteiger partial charge in [-0.15, -0.1) is 0 Å². The maximum absolute atomic E-state index is 12.8. The van der Waals surface area contributed by atoms with E-state index in [1.54, 1.807) is 18.2 Å². The largest absolute Gasteiger partial charge is 0.382 e. The highest BCUT2D eigenvalue weighted by Crippen LogP contribution is 2.26. The van der Waals surface area contributed by atoms with E-state index in [1.165, 1.54) is 6.20 Å². The predicted molar refractivity (Wildman–Crippen MR) is 91.4 cm³/mol. The van der Waals surface area contributed by atoms with Crippen LogP contribution in [0.4, 0.5) is 11.8 Å². The zero-order chi connectivity index (χ0) is 17.2. The fraction of sp³-hybridized carbons (Fsp3) is 0.375. The number of aromatic nitrogens is 2. The number of nitrogens with zero attached hydrogens (tertiary/aromatic N) is 3. The lowest BCUT2D eigenvalue weighted by atomic mass is 10.1. The first kappa shape index (κ1) is 17.2. The highest BCUT2D eigenvalue weighted by Gasteiger charge is 2.23. The molecule has 23 heavy (non-hydrogen) atoms. The van der Waals surface area contributed by atoms with Gasteiger partial charge in [0.15, 0.2) is 0 Å². The summed E-state index contributed by atoms with van der Waals surface area (Å²) in [5.41, 5.74) is 7.84. The van der Waals surface area contributed by atoms with E-state index in [-0.39, 0.29) is 15.6 Å². The Morgan fingerprint density at radius 3 is 2.30 bits per heavy atom. The van der Waals surface area contributed by atoms with Crippen LogP contribution in [0.15, 0.2) is 34.2 Å². The van der Waals surface area contributed by atoms with E-state index < -0.39 is 9.84 Å². The lowest BCUT2D eigenvalue weighted by molar-refractivity contribution is 0.595. The molecule has 0 atom stereocenters. The maximum Gasteiger partial charge on any atom is 0.227 e. The summed E-state index contributed by atoms with van der Waals surface area (Å²) in [6.45, 7) is 9.20. The third kappa shape index (κ3) is 3.29. The lowest BCUT2D eigenvalue weighted by Crippen LogP contribution is -2.25. The minimum absolute atomic E-state index is 0.0277. The van der Waals surface area contributed by atoms with Gasteiger partial charge in [0.2, 0.25) is 15.8 Å². The smallest absolute Gasteiger partial charge is 0.227 e. The molecule has 2 rings (SSSR count). The summed E-state index contributed by atoms with van der Waals surface area (Å²) in [5.74, 6) is 0.409. The van der Waals surface area contributed by atoms with Crippen molar-refractivity contribution in [1.29, 1.82) is 0 Å². The monoisotopic (exact) mass is 334 g/mol. The van der Waals surface area contributed by atoms with Crippen molar-refractivity contribution >= 4 is 21.6 Å². The molecule has 0 aliphatic heterocycles. The summed E-state index contributed by atoms with van der Waals surface area (Å²) in [6.07, 6.45) is 1.29. The zero-order valence-electron chi connectivity index (χ0n) is 13.9. The summed E-state index contributed by atoms with van der Waals surface area (Å²) in [7, 11) is -3.73. The molecule has 0 bridgehead atoms. The quantitative estimate of drug-likeness (QED) is 0.903. The van der Waals surface area contributed by atoms with Crippen LogP contribution >= 0.6 is 0 Å². The summed E-state index contributed by atoms with van der Waals surface area (Å²) >= 11 is 0. The first-order chi connectivity index (χ1) is 10.8. The second-order valence-electron chi connectivity index (χ2n) is 5.34. The average molecular weight is 334 g/mol. The molecule has 0 spiro atoms. The van der Waals surface area contributed by atoms with Gasteiger partial charge < -0.3 is 10.6 Å². The molecule has 0 aliphatic rings. The van der Waals surface area contributed by atoms with Crippen LogP contribution in [0.1, 0.15) is 25.0 Å². The minimum atomic E-state index is -3.73. The van der Waals surface area contributed by atoms with Gasteiger partial charge in [0, 0.05) is 13.1 Å². The first-order valence-electron chi connectivity index (χ1n) is 7.51. The number of nitrogens with two attached hydrogens (primary N) is 1. The van der Waals surface area contributed by atoms with Crippen LogP contribution in [0, 0.1) is 13.8 Å². The Hall–Kier alpha value is -2.15. The van der Waals surface area contributed by atoms with Gasteiger partial charge in [0.25, 0.3) is 0 Å². The van der Waals surface area contributed by atoms with E-state index in [9.17, 15) is 8.42 Å². The van der Waals surface area contributed by atoms with Crippen LogP contribution in [0.3, 0.4) is 0 Å². The fourth-order valence-corrected chi connectivity index (χ4v) is 3.59. The highest BCUT2D eigenvalue weighted by molar-refractivity contribution is 7.91. The molecular formula is C16H22N4O2S. The van der Waals surface area contributed by atoms with E-state index in [1.807, 2.05) is 32.6 Å². The molecule has 124 valence electrons. The molecule has 1 aromatic carbocycles. The number of hydrogen-bond donors (Lipinski definition) is 1. The van der Waals surface area contributed by atoms with E-state index in [2.05, 4.69) is 9.97 Å². The lowest BCUT2D eigenvalue weighted by Gasteiger charge is -2.19. The van der Waals surface area contributed by atoms with Crippen LogP contribution in [0.5, 0.6) is 0 Å². The Bertz CT molecular complexity index is 815. The number of hydrogen-bond acceptors (Lipinski definition) is 6. The molecular weight excluding hydrogens is 312 g/mol. The van der Waals surface area contributed by atoms with Crippen molar-refractivity contribution in [2.24, 2.45) is 0 Å².